The fourth-order valence-corrected chi connectivity index (χ4v) is 6.21. The van der Waals surface area contributed by atoms with E-state index in [1.165, 1.54) is 33.3 Å². The number of nitrogens with zero attached hydrogens (tertiary/aromatic N) is 4. The summed E-state index contributed by atoms with van der Waals surface area (Å²) in [7, 11) is 0.302. The van der Waals surface area contributed by atoms with Crippen LogP contribution in [0.5, 0.6) is 0 Å². The molecule has 0 unspecified atom stereocenters. The fourth-order valence-electron chi connectivity index (χ4n) is 3.73. The first-order chi connectivity index (χ1) is 16.2. The SMILES string of the molecule is Cc1cc2nc(N(CCN(C)C)C(=O)c3ccc(S(=O)(=O)N4CCOCC4)cc3)sc2cc1C. The first kappa shape index (κ1) is 24.7. The summed E-state index contributed by atoms with van der Waals surface area (Å²) < 4.78 is 33.5. The number of anilines is 1. The molecule has 0 bridgehead atoms. The first-order valence-electron chi connectivity index (χ1n) is 11.2. The van der Waals surface area contributed by atoms with Gasteiger partial charge in [0.25, 0.3) is 5.91 Å². The number of sulfonamides is 1. The van der Waals surface area contributed by atoms with Crippen LogP contribution in [0, 0.1) is 13.8 Å². The van der Waals surface area contributed by atoms with E-state index < -0.39 is 10.0 Å². The lowest BCUT2D eigenvalue weighted by molar-refractivity contribution is 0.0730. The highest BCUT2D eigenvalue weighted by Gasteiger charge is 2.27. The minimum Gasteiger partial charge on any atom is -0.379 e. The van der Waals surface area contributed by atoms with Crippen molar-refractivity contribution in [1.29, 1.82) is 0 Å². The summed E-state index contributed by atoms with van der Waals surface area (Å²) in [6, 6.07) is 10.3. The quantitative estimate of drug-likeness (QED) is 0.494. The number of hydrogen-bond donors (Lipinski definition) is 0. The molecule has 2 aromatic carbocycles. The molecule has 34 heavy (non-hydrogen) atoms. The third kappa shape index (κ3) is 5.16. The number of aryl methyl sites for hydroxylation is 2. The van der Waals surface area contributed by atoms with Crippen molar-refractivity contribution in [2.75, 3.05) is 58.4 Å². The Morgan fingerprint density at radius 2 is 1.71 bits per heavy atom. The van der Waals surface area contributed by atoms with Crippen molar-refractivity contribution < 1.29 is 17.9 Å². The summed E-state index contributed by atoms with van der Waals surface area (Å²) in [5.41, 5.74) is 3.64. The molecule has 182 valence electrons. The molecule has 10 heteroatoms. The van der Waals surface area contributed by atoms with Crippen LogP contribution in [-0.4, -0.2) is 82.0 Å². The number of likely N-dealkylation sites (N-methyl/N-ethyl adjacent to an activating group) is 1. The molecule has 1 saturated heterocycles. The number of carbonyl (C=O) groups is 1. The average molecular weight is 503 g/mol. The van der Waals surface area contributed by atoms with Crippen molar-refractivity contribution in [2.24, 2.45) is 0 Å². The number of amides is 1. The summed E-state index contributed by atoms with van der Waals surface area (Å²) in [5.74, 6) is -0.204. The van der Waals surface area contributed by atoms with Gasteiger partial charge in [-0.15, -0.1) is 0 Å². The third-order valence-corrected chi connectivity index (χ3v) is 8.90. The number of carbonyl (C=O) groups excluding carboxylic acids is 1. The maximum atomic E-state index is 13.5. The summed E-state index contributed by atoms with van der Waals surface area (Å²) in [6.45, 7) is 6.69. The Balaban J connectivity index is 1.63. The van der Waals surface area contributed by atoms with Gasteiger partial charge in [-0.3, -0.25) is 9.69 Å². The van der Waals surface area contributed by atoms with E-state index in [0.717, 1.165) is 15.8 Å². The highest BCUT2D eigenvalue weighted by molar-refractivity contribution is 7.89. The number of ether oxygens (including phenoxy) is 1. The van der Waals surface area contributed by atoms with Gasteiger partial charge in [-0.2, -0.15) is 4.31 Å². The van der Waals surface area contributed by atoms with E-state index in [9.17, 15) is 13.2 Å². The van der Waals surface area contributed by atoms with Crippen molar-refractivity contribution in [3.63, 3.8) is 0 Å². The number of rotatable bonds is 7. The smallest absolute Gasteiger partial charge is 0.260 e. The Bertz CT molecular complexity index is 1240. The van der Waals surface area contributed by atoms with Crippen LogP contribution in [0.2, 0.25) is 0 Å². The number of aromatic nitrogens is 1. The predicted octanol–water partition coefficient (Wildman–Crippen LogP) is 3.14. The molecule has 0 radical (unpaired) electrons. The van der Waals surface area contributed by atoms with Crippen LogP contribution in [0.4, 0.5) is 5.13 Å². The van der Waals surface area contributed by atoms with E-state index in [4.69, 9.17) is 9.72 Å². The van der Waals surface area contributed by atoms with Gasteiger partial charge in [-0.05, 0) is 75.5 Å². The van der Waals surface area contributed by atoms with Crippen molar-refractivity contribution in [2.45, 2.75) is 18.7 Å². The zero-order chi connectivity index (χ0) is 24.5. The van der Waals surface area contributed by atoms with Crippen LogP contribution >= 0.6 is 11.3 Å². The van der Waals surface area contributed by atoms with E-state index >= 15 is 0 Å². The number of benzene rings is 2. The van der Waals surface area contributed by atoms with E-state index in [0.29, 0.717) is 50.1 Å². The van der Waals surface area contributed by atoms with Crippen LogP contribution in [-0.2, 0) is 14.8 Å². The van der Waals surface area contributed by atoms with E-state index in [1.54, 1.807) is 17.0 Å². The molecule has 3 aromatic rings. The molecule has 1 fully saturated rings. The lowest BCUT2D eigenvalue weighted by Crippen LogP contribution is -2.40. The molecule has 0 N–H and O–H groups in total. The fraction of sp³-hybridized carbons (Fsp3) is 0.417. The Kier molecular flexibility index (Phi) is 7.34. The van der Waals surface area contributed by atoms with E-state index in [-0.39, 0.29) is 10.8 Å². The van der Waals surface area contributed by atoms with Crippen LogP contribution in [0.25, 0.3) is 10.2 Å². The molecule has 1 aliphatic rings. The molecule has 8 nitrogen and oxygen atoms in total. The monoisotopic (exact) mass is 502 g/mol. The lowest BCUT2D eigenvalue weighted by Gasteiger charge is -2.26. The minimum absolute atomic E-state index is 0.178. The molecule has 0 spiro atoms. The summed E-state index contributed by atoms with van der Waals surface area (Å²) in [4.78, 5) is 22.1. The Labute approximate surface area is 204 Å². The van der Waals surface area contributed by atoms with Crippen molar-refractivity contribution in [3.05, 3.63) is 53.1 Å². The Morgan fingerprint density at radius 3 is 2.35 bits per heavy atom. The van der Waals surface area contributed by atoms with Gasteiger partial charge in [0.1, 0.15) is 0 Å². The molecule has 0 atom stereocenters. The molecule has 4 rings (SSSR count). The third-order valence-electron chi connectivity index (χ3n) is 5.95. The molecule has 2 heterocycles. The van der Waals surface area contributed by atoms with Crippen molar-refractivity contribution in [3.8, 4) is 0 Å². The Hall–Kier alpha value is -2.37. The maximum absolute atomic E-state index is 13.5. The number of morpholine rings is 1. The summed E-state index contributed by atoms with van der Waals surface area (Å²) in [5, 5.41) is 0.636. The maximum Gasteiger partial charge on any atom is 0.260 e. The molecular formula is C24H30N4O4S2. The minimum atomic E-state index is -3.61. The van der Waals surface area contributed by atoms with Gasteiger partial charge in [-0.25, -0.2) is 13.4 Å². The highest BCUT2D eigenvalue weighted by Crippen LogP contribution is 2.31. The topological polar surface area (TPSA) is 83.1 Å². The normalized spacial score (nSPS) is 15.2. The highest BCUT2D eigenvalue weighted by atomic mass is 32.2. The van der Waals surface area contributed by atoms with Crippen molar-refractivity contribution in [1.82, 2.24) is 14.2 Å². The van der Waals surface area contributed by atoms with Gasteiger partial charge in [0.2, 0.25) is 10.0 Å². The van der Waals surface area contributed by atoms with Gasteiger partial charge in [-0.1, -0.05) is 11.3 Å². The van der Waals surface area contributed by atoms with Gasteiger partial charge in [0.05, 0.1) is 28.3 Å². The Morgan fingerprint density at radius 1 is 1.06 bits per heavy atom. The number of thiazole rings is 1. The van der Waals surface area contributed by atoms with E-state index in [2.05, 4.69) is 19.9 Å². The standard InChI is InChI=1S/C24H30N4O4S2/c1-17-15-21-22(16-18(17)2)33-24(25-21)28(10-9-26(3)4)23(29)19-5-7-20(8-6-19)34(30,31)27-11-13-32-14-12-27/h5-8,15-16H,9-14H2,1-4H3. The average Bonchev–Trinajstić information content (AvgIpc) is 3.22. The molecule has 0 saturated carbocycles. The van der Waals surface area contributed by atoms with Crippen LogP contribution in [0.3, 0.4) is 0 Å². The molecule has 0 aliphatic carbocycles. The van der Waals surface area contributed by atoms with Crippen LogP contribution in [0.1, 0.15) is 21.5 Å². The molecule has 1 amide bonds. The van der Waals surface area contributed by atoms with Gasteiger partial charge < -0.3 is 9.64 Å². The largest absolute Gasteiger partial charge is 0.379 e. The summed E-state index contributed by atoms with van der Waals surface area (Å²) in [6.07, 6.45) is 0. The zero-order valence-electron chi connectivity index (χ0n) is 19.9. The number of hydrogen-bond acceptors (Lipinski definition) is 7. The second kappa shape index (κ2) is 10.1. The van der Waals surface area contributed by atoms with E-state index in [1.807, 2.05) is 25.1 Å². The molecular weight excluding hydrogens is 472 g/mol. The second-order valence-electron chi connectivity index (χ2n) is 8.70. The molecule has 1 aromatic heterocycles. The molecule has 1 aliphatic heterocycles. The summed E-state index contributed by atoms with van der Waals surface area (Å²) >= 11 is 1.49. The van der Waals surface area contributed by atoms with Gasteiger partial charge in [0.15, 0.2) is 5.13 Å². The van der Waals surface area contributed by atoms with Crippen LogP contribution in [0.15, 0.2) is 41.3 Å². The van der Waals surface area contributed by atoms with Crippen molar-refractivity contribution >= 4 is 42.6 Å². The predicted molar refractivity (Wildman–Crippen MR) is 135 cm³/mol. The second-order valence-corrected chi connectivity index (χ2v) is 11.6. The first-order valence-corrected chi connectivity index (χ1v) is 13.4. The van der Waals surface area contributed by atoms with Crippen LogP contribution < -0.4 is 4.90 Å². The number of fused-ring (bicyclic) bond motifs is 1. The zero-order valence-corrected chi connectivity index (χ0v) is 21.6. The lowest BCUT2D eigenvalue weighted by atomic mass is 10.1. The van der Waals surface area contributed by atoms with Gasteiger partial charge in [0, 0.05) is 31.7 Å². The van der Waals surface area contributed by atoms with Gasteiger partial charge >= 0.3 is 0 Å².